The Hall–Kier alpha value is -2.69. The minimum Gasteiger partial charge on any atom is -0.361 e. The summed E-state index contributed by atoms with van der Waals surface area (Å²) in [6.45, 7) is 0. The number of H-pyrrole nitrogens is 1. The molecule has 0 saturated carbocycles. The molecular formula is C22H25N3O5S2. The van der Waals surface area contributed by atoms with Gasteiger partial charge in [-0.3, -0.25) is 4.79 Å². The van der Waals surface area contributed by atoms with Gasteiger partial charge >= 0.3 is 0 Å². The van der Waals surface area contributed by atoms with Gasteiger partial charge in [0.1, 0.15) is 0 Å². The maximum Gasteiger partial charge on any atom is 0.240 e. The highest BCUT2D eigenvalue weighted by atomic mass is 32.2. The van der Waals surface area contributed by atoms with E-state index in [1.807, 2.05) is 24.4 Å². The average Bonchev–Trinajstić information content (AvgIpc) is 3.30. The summed E-state index contributed by atoms with van der Waals surface area (Å²) in [7, 11) is -7.01. The minimum atomic E-state index is -3.83. The number of rotatable bonds is 8. The summed E-state index contributed by atoms with van der Waals surface area (Å²) in [5, 5.41) is 3.94. The number of fused-ring (bicyclic) bond motifs is 1. The van der Waals surface area contributed by atoms with Crippen LogP contribution in [-0.2, 0) is 31.1 Å². The van der Waals surface area contributed by atoms with Gasteiger partial charge in [0.25, 0.3) is 0 Å². The topological polar surface area (TPSA) is 125 Å². The van der Waals surface area contributed by atoms with E-state index in [1.54, 1.807) is 0 Å². The summed E-state index contributed by atoms with van der Waals surface area (Å²) in [6, 6.07) is 13.3. The molecule has 170 valence electrons. The van der Waals surface area contributed by atoms with Crippen LogP contribution in [0.1, 0.15) is 24.8 Å². The SMILES string of the molecule is O=C(CCCc1c[nH]c2ccccc12)Nc1ccc(S(=O)(=O)NC2CCS(=O)(=O)C2)cc1. The molecule has 3 N–H and O–H groups in total. The molecule has 2 aromatic carbocycles. The molecule has 4 rings (SSSR count). The third-order valence-corrected chi connectivity index (χ3v) is 8.83. The van der Waals surface area contributed by atoms with Crippen LogP contribution in [0, 0.1) is 0 Å². The number of anilines is 1. The fourth-order valence-corrected chi connectivity index (χ4v) is 6.94. The number of aromatic nitrogens is 1. The molecule has 10 heteroatoms. The molecule has 8 nitrogen and oxygen atoms in total. The van der Waals surface area contributed by atoms with Crippen LogP contribution in [-0.4, -0.2) is 45.3 Å². The van der Waals surface area contributed by atoms with Gasteiger partial charge < -0.3 is 10.3 Å². The number of hydrogen-bond acceptors (Lipinski definition) is 5. The van der Waals surface area contributed by atoms with Crippen LogP contribution < -0.4 is 10.0 Å². The van der Waals surface area contributed by atoms with Crippen molar-refractivity contribution in [1.29, 1.82) is 0 Å². The van der Waals surface area contributed by atoms with Crippen molar-refractivity contribution < 1.29 is 21.6 Å². The number of sulfonamides is 1. The van der Waals surface area contributed by atoms with Crippen molar-refractivity contribution in [2.75, 3.05) is 16.8 Å². The van der Waals surface area contributed by atoms with Gasteiger partial charge in [-0.15, -0.1) is 0 Å². The number of carbonyl (C=O) groups excluding carboxylic acids is 1. The lowest BCUT2D eigenvalue weighted by Crippen LogP contribution is -2.35. The molecule has 0 aliphatic carbocycles. The summed E-state index contributed by atoms with van der Waals surface area (Å²) in [6.07, 6.45) is 4.05. The molecule has 2 heterocycles. The molecule has 1 aliphatic heterocycles. The largest absolute Gasteiger partial charge is 0.361 e. The number of aromatic amines is 1. The highest BCUT2D eigenvalue weighted by Gasteiger charge is 2.31. The molecule has 32 heavy (non-hydrogen) atoms. The highest BCUT2D eigenvalue weighted by molar-refractivity contribution is 7.92. The van der Waals surface area contributed by atoms with Crippen LogP contribution in [0.5, 0.6) is 0 Å². The number of benzene rings is 2. The molecule has 1 aromatic heterocycles. The van der Waals surface area contributed by atoms with Crippen molar-refractivity contribution >= 4 is 42.4 Å². The third kappa shape index (κ3) is 5.37. The van der Waals surface area contributed by atoms with E-state index >= 15 is 0 Å². The summed E-state index contributed by atoms with van der Waals surface area (Å²) < 4.78 is 50.5. The summed E-state index contributed by atoms with van der Waals surface area (Å²) in [5.74, 6) is -0.334. The Morgan fingerprint density at radius 2 is 1.84 bits per heavy atom. The van der Waals surface area contributed by atoms with Crippen LogP contribution in [0.2, 0.25) is 0 Å². The predicted octanol–water partition coefficient (Wildman–Crippen LogP) is 2.59. The quantitative estimate of drug-likeness (QED) is 0.462. The van der Waals surface area contributed by atoms with Crippen molar-refractivity contribution in [2.45, 2.75) is 36.6 Å². The monoisotopic (exact) mass is 475 g/mol. The maximum atomic E-state index is 12.5. The molecule has 0 radical (unpaired) electrons. The van der Waals surface area contributed by atoms with Gasteiger partial charge in [0.2, 0.25) is 15.9 Å². The van der Waals surface area contributed by atoms with Gasteiger partial charge in [-0.05, 0) is 55.2 Å². The molecule has 1 unspecified atom stereocenters. The Labute approximate surface area is 187 Å². The Morgan fingerprint density at radius 3 is 2.56 bits per heavy atom. The van der Waals surface area contributed by atoms with E-state index in [1.165, 1.54) is 29.8 Å². The van der Waals surface area contributed by atoms with E-state index in [2.05, 4.69) is 21.1 Å². The fourth-order valence-electron chi connectivity index (χ4n) is 3.89. The van der Waals surface area contributed by atoms with Gasteiger partial charge in [-0.25, -0.2) is 21.6 Å². The predicted molar refractivity (Wildman–Crippen MR) is 124 cm³/mol. The smallest absolute Gasteiger partial charge is 0.240 e. The maximum absolute atomic E-state index is 12.5. The minimum absolute atomic E-state index is 0.00847. The molecule has 3 aromatic rings. The van der Waals surface area contributed by atoms with Crippen molar-refractivity contribution in [1.82, 2.24) is 9.71 Å². The van der Waals surface area contributed by atoms with Crippen LogP contribution in [0.4, 0.5) is 5.69 Å². The second-order valence-electron chi connectivity index (χ2n) is 8.01. The lowest BCUT2D eigenvalue weighted by Gasteiger charge is -2.12. The number of nitrogens with one attached hydrogen (secondary N) is 3. The zero-order valence-corrected chi connectivity index (χ0v) is 19.0. The normalized spacial score (nSPS) is 18.1. The van der Waals surface area contributed by atoms with E-state index in [-0.39, 0.29) is 28.7 Å². The summed E-state index contributed by atoms with van der Waals surface area (Å²) in [5.41, 5.74) is 2.75. The van der Waals surface area contributed by atoms with Crippen LogP contribution in [0.3, 0.4) is 0 Å². The highest BCUT2D eigenvalue weighted by Crippen LogP contribution is 2.20. The van der Waals surface area contributed by atoms with Crippen molar-refractivity contribution in [3.05, 3.63) is 60.3 Å². The van der Waals surface area contributed by atoms with Gasteiger partial charge in [0.15, 0.2) is 9.84 Å². The number of carbonyl (C=O) groups is 1. The standard InChI is InChI=1S/C22H25N3O5S2/c26-22(7-3-4-16-14-23-21-6-2-1-5-20(16)21)24-17-8-10-19(11-9-17)32(29,30)25-18-12-13-31(27,28)15-18/h1-2,5-6,8-11,14,18,23,25H,3-4,7,12-13,15H2,(H,24,26). The Bertz CT molecular complexity index is 1330. The first kappa shape index (κ1) is 22.5. The number of para-hydroxylation sites is 1. The van der Waals surface area contributed by atoms with Crippen LogP contribution in [0.25, 0.3) is 10.9 Å². The number of amides is 1. The Kier molecular flexibility index (Phi) is 6.36. The third-order valence-electron chi connectivity index (χ3n) is 5.53. The zero-order valence-electron chi connectivity index (χ0n) is 17.4. The van der Waals surface area contributed by atoms with E-state index < -0.39 is 25.9 Å². The van der Waals surface area contributed by atoms with E-state index in [9.17, 15) is 21.6 Å². The van der Waals surface area contributed by atoms with Crippen molar-refractivity contribution in [2.24, 2.45) is 0 Å². The van der Waals surface area contributed by atoms with Gasteiger partial charge in [-0.1, -0.05) is 18.2 Å². The van der Waals surface area contributed by atoms with Gasteiger partial charge in [0.05, 0.1) is 16.4 Å². The lowest BCUT2D eigenvalue weighted by atomic mass is 10.1. The molecular weight excluding hydrogens is 450 g/mol. The Balaban J connectivity index is 1.28. The summed E-state index contributed by atoms with van der Waals surface area (Å²) >= 11 is 0. The van der Waals surface area contributed by atoms with Crippen molar-refractivity contribution in [3.63, 3.8) is 0 Å². The van der Waals surface area contributed by atoms with Gasteiger partial charge in [0, 0.05) is 35.2 Å². The van der Waals surface area contributed by atoms with E-state index in [4.69, 9.17) is 0 Å². The van der Waals surface area contributed by atoms with E-state index in [0.29, 0.717) is 18.5 Å². The van der Waals surface area contributed by atoms with E-state index in [0.717, 1.165) is 17.3 Å². The number of sulfone groups is 1. The molecule has 1 fully saturated rings. The first-order valence-electron chi connectivity index (χ1n) is 10.4. The number of hydrogen-bond donors (Lipinski definition) is 3. The lowest BCUT2D eigenvalue weighted by molar-refractivity contribution is -0.116. The fraction of sp³-hybridized carbons (Fsp3) is 0.318. The molecule has 0 bridgehead atoms. The van der Waals surface area contributed by atoms with Crippen LogP contribution >= 0.6 is 0 Å². The molecule has 0 spiro atoms. The van der Waals surface area contributed by atoms with Crippen molar-refractivity contribution in [3.8, 4) is 0 Å². The first-order valence-corrected chi connectivity index (χ1v) is 13.7. The summed E-state index contributed by atoms with van der Waals surface area (Å²) in [4.78, 5) is 15.5. The molecule has 1 aliphatic rings. The first-order chi connectivity index (χ1) is 15.2. The average molecular weight is 476 g/mol. The molecule has 1 amide bonds. The second kappa shape index (κ2) is 9.05. The van der Waals surface area contributed by atoms with Crippen LogP contribution in [0.15, 0.2) is 59.6 Å². The Morgan fingerprint density at radius 1 is 1.09 bits per heavy atom. The number of aryl methyl sites for hydroxylation is 1. The molecule has 1 atom stereocenters. The second-order valence-corrected chi connectivity index (χ2v) is 11.9. The zero-order chi connectivity index (χ0) is 22.8. The molecule has 1 saturated heterocycles. The van der Waals surface area contributed by atoms with Gasteiger partial charge in [-0.2, -0.15) is 0 Å².